The van der Waals surface area contributed by atoms with Gasteiger partial charge in [0.1, 0.15) is 5.75 Å². The van der Waals surface area contributed by atoms with Crippen molar-refractivity contribution in [2.24, 2.45) is 10.7 Å². The first-order valence-corrected chi connectivity index (χ1v) is 7.42. The predicted octanol–water partition coefficient (Wildman–Crippen LogP) is 4.20. The summed E-state index contributed by atoms with van der Waals surface area (Å²) >= 11 is 0. The average molecular weight is 480 g/mol. The fraction of sp³-hybridized carbons (Fsp3) is 0.235. The van der Waals surface area contributed by atoms with Gasteiger partial charge in [0.15, 0.2) is 5.96 Å². The Morgan fingerprint density at radius 2 is 1.65 bits per heavy atom. The highest BCUT2D eigenvalue weighted by Crippen LogP contribution is 2.23. The van der Waals surface area contributed by atoms with Crippen LogP contribution < -0.4 is 20.7 Å². The third-order valence-corrected chi connectivity index (χ3v) is 3.25. The maximum atomic E-state index is 12.1. The lowest BCUT2D eigenvalue weighted by Crippen LogP contribution is -2.22. The quantitative estimate of drug-likeness (QED) is 0.383. The average Bonchev–Trinajstić information content (AvgIpc) is 2.54. The fourth-order valence-corrected chi connectivity index (χ4v) is 2.00. The Labute approximate surface area is 167 Å². The Bertz CT molecular complexity index is 716. The molecule has 0 aliphatic carbocycles. The van der Waals surface area contributed by atoms with Crippen molar-refractivity contribution < 1.29 is 17.9 Å². The number of ether oxygens (including phenoxy) is 1. The van der Waals surface area contributed by atoms with Gasteiger partial charge >= 0.3 is 6.36 Å². The Kier molecular flexibility index (Phi) is 8.00. The summed E-state index contributed by atoms with van der Waals surface area (Å²) in [5.74, 6) is -0.129. The minimum atomic E-state index is -4.71. The van der Waals surface area contributed by atoms with Crippen LogP contribution in [-0.4, -0.2) is 26.4 Å². The lowest BCUT2D eigenvalue weighted by atomic mass is 10.2. The van der Waals surface area contributed by atoms with E-state index in [4.69, 9.17) is 5.73 Å². The van der Waals surface area contributed by atoms with Crippen LogP contribution in [-0.2, 0) is 6.54 Å². The number of hydrogen-bond acceptors (Lipinski definition) is 3. The number of nitrogens with one attached hydrogen (secondary N) is 1. The molecule has 2 rings (SSSR count). The highest BCUT2D eigenvalue weighted by molar-refractivity contribution is 14.0. The molecule has 142 valence electrons. The van der Waals surface area contributed by atoms with Gasteiger partial charge in [-0.2, -0.15) is 0 Å². The molecule has 0 aromatic heterocycles. The lowest BCUT2D eigenvalue weighted by molar-refractivity contribution is -0.274. The van der Waals surface area contributed by atoms with Gasteiger partial charge < -0.3 is 20.7 Å². The van der Waals surface area contributed by atoms with Crippen LogP contribution in [0.4, 0.5) is 24.5 Å². The van der Waals surface area contributed by atoms with E-state index in [2.05, 4.69) is 15.0 Å². The highest BCUT2D eigenvalue weighted by atomic mass is 127. The highest BCUT2D eigenvalue weighted by Gasteiger charge is 2.30. The van der Waals surface area contributed by atoms with Crippen LogP contribution in [0.2, 0.25) is 0 Å². The molecule has 0 unspecified atom stereocenters. The molecule has 0 saturated heterocycles. The van der Waals surface area contributed by atoms with Crippen molar-refractivity contribution in [3.63, 3.8) is 0 Å². The third-order valence-electron chi connectivity index (χ3n) is 3.25. The maximum Gasteiger partial charge on any atom is 0.573 e. The van der Waals surface area contributed by atoms with Crippen molar-refractivity contribution >= 4 is 41.3 Å². The summed E-state index contributed by atoms with van der Waals surface area (Å²) in [6, 6.07) is 13.1. The van der Waals surface area contributed by atoms with Gasteiger partial charge in [-0.25, -0.2) is 4.99 Å². The van der Waals surface area contributed by atoms with Gasteiger partial charge in [-0.1, -0.05) is 12.1 Å². The summed E-state index contributed by atoms with van der Waals surface area (Å²) in [6.07, 6.45) is -4.71. The summed E-state index contributed by atoms with van der Waals surface area (Å²) in [4.78, 5) is 6.20. The zero-order valence-electron chi connectivity index (χ0n) is 14.2. The van der Waals surface area contributed by atoms with Crippen LogP contribution in [0.1, 0.15) is 5.56 Å². The van der Waals surface area contributed by atoms with Gasteiger partial charge in [-0.3, -0.25) is 0 Å². The van der Waals surface area contributed by atoms with E-state index in [-0.39, 0.29) is 35.7 Å². The molecule has 3 N–H and O–H groups in total. The van der Waals surface area contributed by atoms with E-state index < -0.39 is 6.36 Å². The number of guanidine groups is 1. The molecule has 0 bridgehead atoms. The minimum Gasteiger partial charge on any atom is -0.406 e. The van der Waals surface area contributed by atoms with Crippen LogP contribution in [0, 0.1) is 0 Å². The Balaban J connectivity index is 0.00000338. The SMILES string of the molecule is CN(C)c1ccc(CN=C(N)Nc2ccc(OC(F)(F)F)cc2)cc1.I. The van der Waals surface area contributed by atoms with E-state index in [0.29, 0.717) is 12.2 Å². The Morgan fingerprint density at radius 1 is 1.08 bits per heavy atom. The standard InChI is InChI=1S/C17H19F3N4O.HI/c1-24(2)14-7-3-12(4-8-14)11-22-16(21)23-13-5-9-15(10-6-13)25-17(18,19)20;/h3-10H,11H2,1-2H3,(H3,21,22,23);1H. The topological polar surface area (TPSA) is 62.9 Å². The Hall–Kier alpha value is -2.17. The van der Waals surface area contributed by atoms with Crippen molar-refractivity contribution in [3.05, 3.63) is 54.1 Å². The molecule has 0 atom stereocenters. The first-order chi connectivity index (χ1) is 11.7. The molecule has 5 nitrogen and oxygen atoms in total. The molecule has 0 amide bonds. The Morgan fingerprint density at radius 3 is 2.15 bits per heavy atom. The zero-order chi connectivity index (χ0) is 18.4. The van der Waals surface area contributed by atoms with Gasteiger partial charge in [0.05, 0.1) is 6.54 Å². The molecule has 0 heterocycles. The molecule has 26 heavy (non-hydrogen) atoms. The van der Waals surface area contributed by atoms with Gasteiger partial charge in [0.25, 0.3) is 0 Å². The molecular formula is C17H20F3IN4O. The van der Waals surface area contributed by atoms with Gasteiger partial charge in [0.2, 0.25) is 0 Å². The minimum absolute atomic E-state index is 0. The van der Waals surface area contributed by atoms with Crippen molar-refractivity contribution in [2.45, 2.75) is 12.9 Å². The normalized spacial score (nSPS) is 11.5. The monoisotopic (exact) mass is 480 g/mol. The summed E-state index contributed by atoms with van der Waals surface area (Å²) < 4.78 is 40.1. The van der Waals surface area contributed by atoms with E-state index in [1.165, 1.54) is 24.3 Å². The van der Waals surface area contributed by atoms with E-state index in [0.717, 1.165) is 11.3 Å². The molecule has 0 spiro atoms. The van der Waals surface area contributed by atoms with Gasteiger partial charge in [0, 0.05) is 25.5 Å². The number of anilines is 2. The third kappa shape index (κ3) is 7.38. The first kappa shape index (κ1) is 21.9. The predicted molar refractivity (Wildman–Crippen MR) is 108 cm³/mol. The molecule has 9 heteroatoms. The summed E-state index contributed by atoms with van der Waals surface area (Å²) in [6.45, 7) is 0.391. The van der Waals surface area contributed by atoms with Crippen molar-refractivity contribution in [3.8, 4) is 5.75 Å². The summed E-state index contributed by atoms with van der Waals surface area (Å²) in [7, 11) is 3.92. The second kappa shape index (κ2) is 9.51. The van der Waals surface area contributed by atoms with Crippen LogP contribution in [0.3, 0.4) is 0 Å². The number of halogens is 4. The number of hydrogen-bond donors (Lipinski definition) is 2. The van der Waals surface area contributed by atoms with Crippen LogP contribution in [0.25, 0.3) is 0 Å². The number of nitrogens with zero attached hydrogens (tertiary/aromatic N) is 2. The summed E-state index contributed by atoms with van der Waals surface area (Å²) in [5, 5.41) is 2.81. The van der Waals surface area contributed by atoms with E-state index in [1.807, 2.05) is 43.3 Å². The van der Waals surface area contributed by atoms with E-state index >= 15 is 0 Å². The molecular weight excluding hydrogens is 460 g/mol. The van der Waals surface area contributed by atoms with Crippen LogP contribution >= 0.6 is 24.0 Å². The number of nitrogens with two attached hydrogens (primary N) is 1. The smallest absolute Gasteiger partial charge is 0.406 e. The fourth-order valence-electron chi connectivity index (χ4n) is 2.00. The van der Waals surface area contributed by atoms with Gasteiger partial charge in [-0.05, 0) is 42.0 Å². The summed E-state index contributed by atoms with van der Waals surface area (Å²) in [5.41, 5.74) is 8.38. The molecule has 0 aliphatic rings. The van der Waals surface area contributed by atoms with Crippen LogP contribution in [0.15, 0.2) is 53.5 Å². The number of benzene rings is 2. The first-order valence-electron chi connectivity index (χ1n) is 7.42. The van der Waals surface area contributed by atoms with Gasteiger partial charge in [-0.15, -0.1) is 37.1 Å². The molecule has 0 saturated carbocycles. The van der Waals surface area contributed by atoms with E-state index in [1.54, 1.807) is 0 Å². The molecule has 0 radical (unpaired) electrons. The molecule has 0 aliphatic heterocycles. The maximum absolute atomic E-state index is 12.1. The van der Waals surface area contributed by atoms with E-state index in [9.17, 15) is 13.2 Å². The second-order valence-electron chi connectivity index (χ2n) is 5.46. The molecule has 0 fully saturated rings. The van der Waals surface area contributed by atoms with Crippen LogP contribution in [0.5, 0.6) is 5.75 Å². The van der Waals surface area contributed by atoms with Crippen molar-refractivity contribution in [1.29, 1.82) is 0 Å². The van der Waals surface area contributed by atoms with Crippen molar-refractivity contribution in [1.82, 2.24) is 0 Å². The largest absolute Gasteiger partial charge is 0.573 e. The number of rotatable bonds is 5. The molecule has 2 aromatic rings. The number of aliphatic imine (C=N–C) groups is 1. The molecule has 2 aromatic carbocycles. The zero-order valence-corrected chi connectivity index (χ0v) is 16.6. The lowest BCUT2D eigenvalue weighted by Gasteiger charge is -2.12. The second-order valence-corrected chi connectivity index (χ2v) is 5.46. The van der Waals surface area contributed by atoms with Crippen molar-refractivity contribution in [2.75, 3.05) is 24.3 Å². The number of alkyl halides is 3.